The molecular weight excluding hydrogens is 305 g/mol. The summed E-state index contributed by atoms with van der Waals surface area (Å²) in [5.41, 5.74) is 1.94. The van der Waals surface area contributed by atoms with Crippen molar-refractivity contribution in [3.05, 3.63) is 65.0 Å². The van der Waals surface area contributed by atoms with Crippen LogP contribution in [-0.4, -0.2) is 12.5 Å². The Hall–Kier alpha value is -2.50. The minimum absolute atomic E-state index is 0.0876. The number of aryl methyl sites for hydroxylation is 1. The summed E-state index contributed by atoms with van der Waals surface area (Å²) < 4.78 is 39.2. The zero-order chi connectivity index (χ0) is 16.8. The molecule has 0 aliphatic heterocycles. The molecule has 0 bridgehead atoms. The molecule has 23 heavy (non-hydrogen) atoms. The summed E-state index contributed by atoms with van der Waals surface area (Å²) in [6.45, 7) is 2.49. The summed E-state index contributed by atoms with van der Waals surface area (Å²) in [4.78, 5) is 11.7. The molecule has 0 fully saturated rings. The van der Waals surface area contributed by atoms with E-state index < -0.39 is 17.5 Å². The van der Waals surface area contributed by atoms with E-state index in [2.05, 4.69) is 10.6 Å². The molecule has 0 aliphatic carbocycles. The minimum Gasteiger partial charge on any atom is -0.382 e. The van der Waals surface area contributed by atoms with Crippen molar-refractivity contribution in [1.82, 2.24) is 5.32 Å². The maximum Gasteiger partial charge on any atom is 0.222 e. The van der Waals surface area contributed by atoms with Gasteiger partial charge >= 0.3 is 0 Å². The number of rotatable bonds is 6. The second kappa shape index (κ2) is 7.67. The second-order valence-corrected chi connectivity index (χ2v) is 5.16. The van der Waals surface area contributed by atoms with Gasteiger partial charge in [0.1, 0.15) is 0 Å². The Kier molecular flexibility index (Phi) is 5.62. The van der Waals surface area contributed by atoms with Crippen LogP contribution >= 0.6 is 0 Å². The molecular formula is C17H17F3N2O. The van der Waals surface area contributed by atoms with E-state index in [1.165, 1.54) is 0 Å². The first-order chi connectivity index (χ1) is 11.0. The van der Waals surface area contributed by atoms with Gasteiger partial charge in [-0.1, -0.05) is 29.8 Å². The Bertz CT molecular complexity index is 687. The van der Waals surface area contributed by atoms with Crippen molar-refractivity contribution in [3.63, 3.8) is 0 Å². The van der Waals surface area contributed by atoms with Crippen molar-refractivity contribution in [2.24, 2.45) is 0 Å². The molecule has 2 aromatic carbocycles. The topological polar surface area (TPSA) is 41.1 Å². The number of hydrogen-bond acceptors (Lipinski definition) is 2. The lowest BCUT2D eigenvalue weighted by molar-refractivity contribution is -0.121. The summed E-state index contributed by atoms with van der Waals surface area (Å²) in [7, 11) is 0. The molecule has 2 aromatic rings. The molecule has 6 heteroatoms. The highest BCUT2D eigenvalue weighted by Gasteiger charge is 2.13. The van der Waals surface area contributed by atoms with Crippen LogP contribution in [0.25, 0.3) is 0 Å². The molecule has 0 heterocycles. The summed E-state index contributed by atoms with van der Waals surface area (Å²) >= 11 is 0. The highest BCUT2D eigenvalue weighted by atomic mass is 19.2. The molecule has 1 amide bonds. The molecule has 0 atom stereocenters. The lowest BCUT2D eigenvalue weighted by atomic mass is 10.1. The fraction of sp³-hybridized carbons (Fsp3) is 0.235. The van der Waals surface area contributed by atoms with E-state index in [9.17, 15) is 18.0 Å². The molecule has 122 valence electrons. The van der Waals surface area contributed by atoms with Crippen molar-refractivity contribution in [2.75, 3.05) is 11.9 Å². The van der Waals surface area contributed by atoms with E-state index in [4.69, 9.17) is 0 Å². The molecule has 3 nitrogen and oxygen atoms in total. The van der Waals surface area contributed by atoms with Gasteiger partial charge in [-0.3, -0.25) is 4.79 Å². The highest BCUT2D eigenvalue weighted by Crippen LogP contribution is 2.19. The van der Waals surface area contributed by atoms with E-state index in [-0.39, 0.29) is 24.6 Å². The van der Waals surface area contributed by atoms with Crippen LogP contribution in [0.2, 0.25) is 0 Å². The molecule has 0 unspecified atom stereocenters. The molecule has 0 aromatic heterocycles. The third-order valence-electron chi connectivity index (χ3n) is 3.31. The highest BCUT2D eigenvalue weighted by molar-refractivity contribution is 5.76. The Balaban J connectivity index is 1.77. The molecule has 2 rings (SSSR count). The van der Waals surface area contributed by atoms with Crippen molar-refractivity contribution in [1.29, 1.82) is 0 Å². The monoisotopic (exact) mass is 322 g/mol. The molecule has 0 saturated heterocycles. The predicted octanol–water partition coefficient (Wildman–Crippen LogP) is 3.53. The van der Waals surface area contributed by atoms with Crippen LogP contribution in [0.5, 0.6) is 0 Å². The lowest BCUT2D eigenvalue weighted by Crippen LogP contribution is -2.25. The number of carbonyl (C=O) groups excluding carboxylic acids is 1. The first-order valence-corrected chi connectivity index (χ1v) is 7.17. The average Bonchev–Trinajstić information content (AvgIpc) is 2.54. The van der Waals surface area contributed by atoms with Gasteiger partial charge in [-0.15, -0.1) is 0 Å². The van der Waals surface area contributed by atoms with Crippen LogP contribution in [0.1, 0.15) is 17.5 Å². The van der Waals surface area contributed by atoms with Crippen LogP contribution < -0.4 is 10.6 Å². The molecule has 0 radical (unpaired) electrons. The normalized spacial score (nSPS) is 10.4. The number of amides is 1. The quantitative estimate of drug-likeness (QED) is 0.799. The van der Waals surface area contributed by atoms with E-state index in [1.807, 2.05) is 31.2 Å². The van der Waals surface area contributed by atoms with E-state index in [0.717, 1.165) is 23.3 Å². The average molecular weight is 322 g/mol. The van der Waals surface area contributed by atoms with Crippen LogP contribution in [0.4, 0.5) is 18.9 Å². The standard InChI is InChI=1S/C17H17F3N2O/c1-11-2-4-12(5-3-11)10-22-15(23)8-9-21-14-7-6-13(18)16(19)17(14)20/h2-7,21H,8-10H2,1H3,(H,22,23). The SMILES string of the molecule is Cc1ccc(CNC(=O)CCNc2ccc(F)c(F)c2F)cc1. The number of nitrogens with one attached hydrogen (secondary N) is 2. The fourth-order valence-electron chi connectivity index (χ4n) is 1.97. The van der Waals surface area contributed by atoms with Crippen molar-refractivity contribution < 1.29 is 18.0 Å². The third kappa shape index (κ3) is 4.74. The van der Waals surface area contributed by atoms with Crippen LogP contribution in [-0.2, 0) is 11.3 Å². The Morgan fingerprint density at radius 3 is 2.39 bits per heavy atom. The maximum absolute atomic E-state index is 13.4. The summed E-state index contributed by atoms with van der Waals surface area (Å²) in [6, 6.07) is 9.68. The van der Waals surface area contributed by atoms with E-state index in [0.29, 0.717) is 6.54 Å². The number of carbonyl (C=O) groups is 1. The van der Waals surface area contributed by atoms with E-state index >= 15 is 0 Å². The maximum atomic E-state index is 13.4. The molecule has 0 spiro atoms. The third-order valence-corrected chi connectivity index (χ3v) is 3.31. The van der Waals surface area contributed by atoms with Gasteiger partial charge in [0.25, 0.3) is 0 Å². The van der Waals surface area contributed by atoms with Crippen molar-refractivity contribution >= 4 is 11.6 Å². The Morgan fingerprint density at radius 2 is 1.70 bits per heavy atom. The van der Waals surface area contributed by atoms with Gasteiger partial charge in [-0.05, 0) is 24.6 Å². The zero-order valence-corrected chi connectivity index (χ0v) is 12.6. The van der Waals surface area contributed by atoms with Crippen molar-refractivity contribution in [2.45, 2.75) is 19.9 Å². The summed E-state index contributed by atoms with van der Waals surface area (Å²) in [5.74, 6) is -4.28. The van der Waals surface area contributed by atoms with Crippen LogP contribution in [0.15, 0.2) is 36.4 Å². The first kappa shape index (κ1) is 16.9. The smallest absolute Gasteiger partial charge is 0.222 e. The van der Waals surface area contributed by atoms with E-state index in [1.54, 1.807) is 0 Å². The largest absolute Gasteiger partial charge is 0.382 e. The summed E-state index contributed by atoms with van der Waals surface area (Å²) in [5, 5.41) is 5.31. The van der Waals surface area contributed by atoms with Gasteiger partial charge in [0, 0.05) is 19.5 Å². The van der Waals surface area contributed by atoms with Gasteiger partial charge < -0.3 is 10.6 Å². The Labute approximate surface area is 132 Å². The van der Waals surface area contributed by atoms with Gasteiger partial charge in [0.2, 0.25) is 5.91 Å². The number of halogens is 3. The van der Waals surface area contributed by atoms with Crippen LogP contribution in [0, 0.1) is 24.4 Å². The van der Waals surface area contributed by atoms with Gasteiger partial charge in [0.15, 0.2) is 17.5 Å². The zero-order valence-electron chi connectivity index (χ0n) is 12.6. The van der Waals surface area contributed by atoms with Gasteiger partial charge in [-0.2, -0.15) is 0 Å². The van der Waals surface area contributed by atoms with Crippen molar-refractivity contribution in [3.8, 4) is 0 Å². The number of anilines is 1. The summed E-state index contributed by atoms with van der Waals surface area (Å²) in [6.07, 6.45) is 0.0876. The second-order valence-electron chi connectivity index (χ2n) is 5.16. The lowest BCUT2D eigenvalue weighted by Gasteiger charge is -2.09. The van der Waals surface area contributed by atoms with Gasteiger partial charge in [-0.25, -0.2) is 13.2 Å². The van der Waals surface area contributed by atoms with Gasteiger partial charge in [0.05, 0.1) is 5.69 Å². The predicted molar refractivity (Wildman–Crippen MR) is 82.4 cm³/mol. The molecule has 0 saturated carbocycles. The number of hydrogen-bond donors (Lipinski definition) is 2. The Morgan fingerprint density at radius 1 is 1.00 bits per heavy atom. The fourth-order valence-corrected chi connectivity index (χ4v) is 1.97. The number of benzene rings is 2. The first-order valence-electron chi connectivity index (χ1n) is 7.17. The van der Waals surface area contributed by atoms with Crippen LogP contribution in [0.3, 0.4) is 0 Å². The minimum atomic E-state index is -1.53. The molecule has 2 N–H and O–H groups in total. The molecule has 0 aliphatic rings.